The second-order valence-corrected chi connectivity index (χ2v) is 1.34. The Kier molecular flexibility index (Phi) is 54.3. The fourth-order valence-electron chi connectivity index (χ4n) is 0. The molecule has 0 rings (SSSR count). The van der Waals surface area contributed by atoms with Crippen molar-refractivity contribution in [3.05, 3.63) is 0 Å². The van der Waals surface area contributed by atoms with Crippen molar-refractivity contribution in [1.29, 1.82) is 0 Å². The minimum absolute atomic E-state index is 0. The van der Waals surface area contributed by atoms with Crippen LogP contribution in [0, 0.1) is 0 Å². The molecule has 42 valence electrons. The SMILES string of the molecule is O=P([O-])([O-])[O-].[Na+].[Na+].[Na+].[O]=[Pb]. The van der Waals surface area contributed by atoms with Crippen LogP contribution in [0.2, 0.25) is 0 Å². The summed E-state index contributed by atoms with van der Waals surface area (Å²) in [5.74, 6) is 0. The normalized spacial score (nSPS) is 6.30. The molecule has 0 aliphatic carbocycles. The van der Waals surface area contributed by atoms with E-state index in [1.54, 1.807) is 0 Å². The molecule has 0 heterocycles. The molecule has 0 aromatic heterocycles. The standard InChI is InChI=1S/3Na.H3O4P.O.Pb/c;;;1-5(2,3)4;;/h;;;(H3,1,2,3,4);;/q3*+1;;;/p-3. The van der Waals surface area contributed by atoms with Crippen molar-refractivity contribution in [2.75, 3.05) is 0 Å². The molecule has 0 atom stereocenters. The van der Waals surface area contributed by atoms with Gasteiger partial charge in [-0.25, -0.2) is 0 Å². The van der Waals surface area contributed by atoms with Crippen molar-refractivity contribution in [2.24, 2.45) is 0 Å². The first-order valence-corrected chi connectivity index (χ1v) is 3.98. The Labute approximate surface area is 141 Å². The van der Waals surface area contributed by atoms with Crippen LogP contribution in [0.25, 0.3) is 0 Å². The third kappa shape index (κ3) is 94.5. The Morgan fingerprint density at radius 2 is 0.900 bits per heavy atom. The van der Waals surface area contributed by atoms with E-state index < -0.39 is 7.82 Å². The first kappa shape index (κ1) is 29.2. The van der Waals surface area contributed by atoms with E-state index in [1.807, 2.05) is 0 Å². The zero-order chi connectivity index (χ0) is 6.50. The zero-order valence-corrected chi connectivity index (χ0v) is 16.8. The van der Waals surface area contributed by atoms with Crippen molar-refractivity contribution in [3.8, 4) is 0 Å². The molecule has 0 saturated carbocycles. The molecule has 0 amide bonds. The van der Waals surface area contributed by atoms with Gasteiger partial charge in [0.05, 0.1) is 0 Å². The maximum atomic E-state index is 8.55. The Morgan fingerprint density at radius 1 is 0.900 bits per heavy atom. The van der Waals surface area contributed by atoms with Crippen LogP contribution in [0.3, 0.4) is 0 Å². The first-order valence-electron chi connectivity index (χ1n) is 0.934. The molecule has 0 fully saturated rings. The Morgan fingerprint density at radius 3 is 0.900 bits per heavy atom. The van der Waals surface area contributed by atoms with E-state index in [4.69, 9.17) is 21.9 Å². The van der Waals surface area contributed by atoms with Gasteiger partial charge >= 0.3 is 117 Å². The maximum absolute atomic E-state index is 8.55. The van der Waals surface area contributed by atoms with Crippen molar-refractivity contribution >= 4 is 33.6 Å². The van der Waals surface area contributed by atoms with E-state index in [0.717, 1.165) is 0 Å². The summed E-state index contributed by atoms with van der Waals surface area (Å²) in [4.78, 5) is 25.6. The number of rotatable bonds is 0. The third-order valence-electron chi connectivity index (χ3n) is 0. The molecule has 0 spiro atoms. The molecule has 2 radical (unpaired) electrons. The average molecular weight is 387 g/mol. The quantitative estimate of drug-likeness (QED) is 0.304. The van der Waals surface area contributed by atoms with E-state index in [9.17, 15) is 0 Å². The minimum atomic E-state index is -5.39. The van der Waals surface area contributed by atoms with Crippen LogP contribution in [-0.2, 0) is 7.25 Å². The van der Waals surface area contributed by atoms with Gasteiger partial charge in [0.15, 0.2) is 0 Å². The fraction of sp³-hybridized carbons (Fsp3) is 0. The summed E-state index contributed by atoms with van der Waals surface area (Å²) in [6, 6.07) is 0. The van der Waals surface area contributed by atoms with Gasteiger partial charge in [-0.2, -0.15) is 7.82 Å². The molecule has 0 aliphatic rings. The molecule has 0 aromatic rings. The van der Waals surface area contributed by atoms with E-state index in [0.29, 0.717) is 0 Å². The molecule has 0 N–H and O–H groups in total. The van der Waals surface area contributed by atoms with Crippen molar-refractivity contribution in [3.63, 3.8) is 0 Å². The molecule has 0 aromatic carbocycles. The van der Waals surface area contributed by atoms with Gasteiger partial charge in [-0.15, -0.1) is 0 Å². The van der Waals surface area contributed by atoms with Crippen molar-refractivity contribution in [1.82, 2.24) is 0 Å². The average Bonchev–Trinajstić information content (AvgIpc) is 1.36. The van der Waals surface area contributed by atoms with E-state index in [2.05, 4.69) is 0 Å². The van der Waals surface area contributed by atoms with Crippen LogP contribution in [0.1, 0.15) is 0 Å². The summed E-state index contributed by atoms with van der Waals surface area (Å²) in [6.45, 7) is 0. The molecule has 10 heavy (non-hydrogen) atoms. The van der Waals surface area contributed by atoms with Gasteiger partial charge in [-0.3, -0.25) is 0 Å². The molecule has 0 bridgehead atoms. The Hall–Kier alpha value is 3.83. The van der Waals surface area contributed by atoms with E-state index >= 15 is 0 Å². The predicted octanol–water partition coefficient (Wildman–Crippen LogP) is -12.3. The topological polar surface area (TPSA) is 103 Å². The molecular weight excluding hydrogens is 387 g/mol. The number of hydrogen-bond acceptors (Lipinski definition) is 5. The van der Waals surface area contributed by atoms with Gasteiger partial charge in [0.2, 0.25) is 0 Å². The van der Waals surface area contributed by atoms with Gasteiger partial charge in [-0.1, -0.05) is 0 Å². The molecule has 5 nitrogen and oxygen atoms in total. The fourth-order valence-corrected chi connectivity index (χ4v) is 0. The van der Waals surface area contributed by atoms with E-state index in [1.165, 1.54) is 0 Å². The van der Waals surface area contributed by atoms with Gasteiger partial charge in [0.25, 0.3) is 0 Å². The van der Waals surface area contributed by atoms with Gasteiger partial charge in [0, 0.05) is 0 Å². The summed E-state index contributed by atoms with van der Waals surface area (Å²) in [5, 5.41) is 0. The first-order chi connectivity index (χ1) is 3.00. The summed E-state index contributed by atoms with van der Waals surface area (Å²) in [6.07, 6.45) is 0. The van der Waals surface area contributed by atoms with Crippen molar-refractivity contribution < 1.29 is 111 Å². The summed E-state index contributed by atoms with van der Waals surface area (Å²) >= 11 is 0.0556. The summed E-state index contributed by atoms with van der Waals surface area (Å²) < 4.78 is 16.9. The molecular formula is Na3O5PPb. The number of phosphoric acid groups is 1. The van der Waals surface area contributed by atoms with Crippen LogP contribution in [-0.4, -0.2) is 25.8 Å². The predicted molar refractivity (Wildman–Crippen MR) is 14.0 cm³/mol. The van der Waals surface area contributed by atoms with Gasteiger partial charge in [0.1, 0.15) is 0 Å². The third-order valence-corrected chi connectivity index (χ3v) is 0. The van der Waals surface area contributed by atoms with E-state index in [-0.39, 0.29) is 114 Å². The van der Waals surface area contributed by atoms with Crippen LogP contribution in [0.4, 0.5) is 0 Å². The van der Waals surface area contributed by atoms with Crippen molar-refractivity contribution in [2.45, 2.75) is 0 Å². The Bertz CT molecular complexity index is 72.7. The number of hydrogen-bond donors (Lipinski definition) is 0. The van der Waals surface area contributed by atoms with Gasteiger partial charge in [-0.05, 0) is 0 Å². The second-order valence-electron chi connectivity index (χ2n) is 0.447. The molecule has 10 heteroatoms. The monoisotopic (exact) mass is 388 g/mol. The van der Waals surface area contributed by atoms with Crippen LogP contribution in [0.5, 0.6) is 0 Å². The summed E-state index contributed by atoms with van der Waals surface area (Å²) in [5.41, 5.74) is 0. The summed E-state index contributed by atoms with van der Waals surface area (Å²) in [7, 11) is -5.39. The van der Waals surface area contributed by atoms with Crippen LogP contribution >= 0.6 is 7.82 Å². The molecule has 0 unspecified atom stereocenters. The second kappa shape index (κ2) is 18.6. The van der Waals surface area contributed by atoms with Crippen LogP contribution in [0.15, 0.2) is 0 Å². The van der Waals surface area contributed by atoms with Crippen LogP contribution < -0.4 is 103 Å². The molecule has 0 aliphatic heterocycles. The molecule has 0 saturated heterocycles. The van der Waals surface area contributed by atoms with Gasteiger partial charge < -0.3 is 19.2 Å². The Balaban J connectivity index is -0.0000000154. The zero-order valence-electron chi connectivity index (χ0n) is 5.99.